The Hall–Kier alpha value is -2.86. The second-order valence-corrected chi connectivity index (χ2v) is 8.08. The van der Waals surface area contributed by atoms with Gasteiger partial charge in [-0.3, -0.25) is 4.79 Å². The van der Waals surface area contributed by atoms with Crippen LogP contribution in [0.3, 0.4) is 0 Å². The summed E-state index contributed by atoms with van der Waals surface area (Å²) in [5.41, 5.74) is 3.00. The number of carbonyl (C=O) groups is 1. The van der Waals surface area contributed by atoms with Crippen LogP contribution in [0.5, 0.6) is 5.75 Å². The first-order valence-corrected chi connectivity index (χ1v) is 10.2. The van der Waals surface area contributed by atoms with Gasteiger partial charge in [0.25, 0.3) is 5.91 Å². The summed E-state index contributed by atoms with van der Waals surface area (Å²) < 4.78 is 20.3. The highest BCUT2D eigenvalue weighted by Crippen LogP contribution is 2.42. The molecule has 0 saturated carbocycles. The van der Waals surface area contributed by atoms with E-state index in [4.69, 9.17) is 4.74 Å². The van der Waals surface area contributed by atoms with Gasteiger partial charge >= 0.3 is 0 Å². The molecule has 28 heavy (non-hydrogen) atoms. The second-order valence-electron chi connectivity index (χ2n) is 7.03. The van der Waals surface area contributed by atoms with Crippen molar-refractivity contribution in [1.82, 2.24) is 0 Å². The molecule has 0 radical (unpaired) electrons. The average molecular weight is 394 g/mol. The van der Waals surface area contributed by atoms with Crippen molar-refractivity contribution in [3.05, 3.63) is 64.8 Å². The summed E-state index contributed by atoms with van der Waals surface area (Å²) in [6.45, 7) is 2.20. The number of nitrogens with zero attached hydrogens (tertiary/aromatic N) is 1. The quantitative estimate of drug-likeness (QED) is 0.655. The summed E-state index contributed by atoms with van der Waals surface area (Å²) in [6.07, 6.45) is 2.17. The van der Waals surface area contributed by atoms with Gasteiger partial charge in [-0.2, -0.15) is 0 Å². The number of ether oxygens (including phenoxy) is 1. The lowest BCUT2D eigenvalue weighted by atomic mass is 10.1. The Morgan fingerprint density at radius 3 is 2.79 bits per heavy atom. The van der Waals surface area contributed by atoms with Crippen molar-refractivity contribution in [2.75, 3.05) is 23.3 Å². The van der Waals surface area contributed by atoms with Crippen LogP contribution in [0.4, 0.5) is 15.8 Å². The van der Waals surface area contributed by atoms with Crippen LogP contribution in [0.1, 0.15) is 28.1 Å². The van der Waals surface area contributed by atoms with Gasteiger partial charge in [0.1, 0.15) is 23.9 Å². The van der Waals surface area contributed by atoms with Crippen molar-refractivity contribution >= 4 is 28.6 Å². The van der Waals surface area contributed by atoms with E-state index in [9.17, 15) is 9.18 Å². The molecule has 1 N–H and O–H groups in total. The summed E-state index contributed by atoms with van der Waals surface area (Å²) in [7, 11) is 0. The first-order chi connectivity index (χ1) is 13.7. The largest absolute Gasteiger partial charge is 0.488 e. The number of para-hydroxylation sites is 2. The lowest BCUT2D eigenvalue weighted by molar-refractivity contribution is 0.103. The molecule has 1 amide bonds. The Balaban J connectivity index is 1.46. The third kappa shape index (κ3) is 2.94. The standard InChI is InChI=1S/C22H19FN2O2S/c23-16-7-5-8-17(25-10-3-4-11-25)20(16)24-22(26)19-12-14-13-27-18-9-2-1-6-15(18)21(14)28-19/h1-2,5-9,12H,3-4,10-11,13H2,(H,24,26). The molecule has 0 spiro atoms. The molecule has 1 fully saturated rings. The van der Waals surface area contributed by atoms with Gasteiger partial charge in [0.15, 0.2) is 0 Å². The zero-order chi connectivity index (χ0) is 19.1. The number of thiophene rings is 1. The fourth-order valence-electron chi connectivity index (χ4n) is 3.84. The minimum Gasteiger partial charge on any atom is -0.488 e. The highest BCUT2D eigenvalue weighted by Gasteiger charge is 2.24. The van der Waals surface area contributed by atoms with E-state index in [2.05, 4.69) is 10.2 Å². The Morgan fingerprint density at radius 1 is 1.11 bits per heavy atom. The number of carbonyl (C=O) groups excluding carboxylic acids is 1. The van der Waals surface area contributed by atoms with E-state index in [1.807, 2.05) is 36.4 Å². The molecule has 6 heteroatoms. The Labute approximate surface area is 166 Å². The molecular weight excluding hydrogens is 375 g/mol. The van der Waals surface area contributed by atoms with Crippen LogP contribution in [0.15, 0.2) is 48.5 Å². The molecule has 0 bridgehead atoms. The maximum atomic E-state index is 14.5. The van der Waals surface area contributed by atoms with E-state index in [1.165, 1.54) is 17.4 Å². The van der Waals surface area contributed by atoms with Crippen LogP contribution in [-0.2, 0) is 6.61 Å². The van der Waals surface area contributed by atoms with Crippen molar-refractivity contribution in [2.24, 2.45) is 0 Å². The van der Waals surface area contributed by atoms with Crippen LogP contribution in [-0.4, -0.2) is 19.0 Å². The molecule has 2 aromatic carbocycles. The minimum atomic E-state index is -0.409. The van der Waals surface area contributed by atoms with E-state index >= 15 is 0 Å². The molecule has 0 unspecified atom stereocenters. The molecule has 2 aliphatic rings. The minimum absolute atomic E-state index is 0.262. The summed E-state index contributed by atoms with van der Waals surface area (Å²) in [5, 5.41) is 2.82. The van der Waals surface area contributed by atoms with Gasteiger partial charge in [-0.1, -0.05) is 18.2 Å². The highest BCUT2D eigenvalue weighted by atomic mass is 32.1. The number of hydrogen-bond donors (Lipinski definition) is 1. The van der Waals surface area contributed by atoms with E-state index in [0.717, 1.165) is 53.4 Å². The number of anilines is 2. The average Bonchev–Trinajstić information content (AvgIpc) is 3.39. The summed E-state index contributed by atoms with van der Waals surface area (Å²) in [5.74, 6) is 0.129. The van der Waals surface area contributed by atoms with E-state index < -0.39 is 5.82 Å². The van der Waals surface area contributed by atoms with Gasteiger partial charge in [0.2, 0.25) is 0 Å². The van der Waals surface area contributed by atoms with Crippen LogP contribution in [0.25, 0.3) is 10.4 Å². The van der Waals surface area contributed by atoms with Crippen LogP contribution < -0.4 is 15.0 Å². The van der Waals surface area contributed by atoms with Gasteiger partial charge in [-0.15, -0.1) is 11.3 Å². The molecule has 1 aromatic heterocycles. The predicted octanol–water partition coefficient (Wildman–Crippen LogP) is 5.30. The normalized spacial score (nSPS) is 15.0. The lowest BCUT2D eigenvalue weighted by Gasteiger charge is -2.21. The zero-order valence-corrected chi connectivity index (χ0v) is 16.0. The fourth-order valence-corrected chi connectivity index (χ4v) is 4.94. The maximum Gasteiger partial charge on any atom is 0.265 e. The molecular formula is C22H19FN2O2S. The fraction of sp³-hybridized carbons (Fsp3) is 0.227. The predicted molar refractivity (Wildman–Crippen MR) is 110 cm³/mol. The summed E-state index contributed by atoms with van der Waals surface area (Å²) in [6, 6.07) is 14.6. The third-order valence-electron chi connectivity index (χ3n) is 5.22. The Bertz CT molecular complexity index is 1060. The number of halogens is 1. The lowest BCUT2D eigenvalue weighted by Crippen LogP contribution is -2.21. The van der Waals surface area contributed by atoms with Crippen molar-refractivity contribution < 1.29 is 13.9 Å². The van der Waals surface area contributed by atoms with E-state index in [-0.39, 0.29) is 11.6 Å². The van der Waals surface area contributed by atoms with Gasteiger partial charge in [0, 0.05) is 29.1 Å². The molecule has 3 heterocycles. The first kappa shape index (κ1) is 17.3. The smallest absolute Gasteiger partial charge is 0.265 e. The van der Waals surface area contributed by atoms with Gasteiger partial charge in [-0.25, -0.2) is 4.39 Å². The Morgan fingerprint density at radius 2 is 1.93 bits per heavy atom. The number of fused-ring (bicyclic) bond motifs is 3. The molecule has 2 aliphatic heterocycles. The highest BCUT2D eigenvalue weighted by molar-refractivity contribution is 7.17. The molecule has 5 rings (SSSR count). The first-order valence-electron chi connectivity index (χ1n) is 9.40. The molecule has 142 valence electrons. The monoisotopic (exact) mass is 394 g/mol. The molecule has 0 aliphatic carbocycles. The molecule has 4 nitrogen and oxygen atoms in total. The summed E-state index contributed by atoms with van der Waals surface area (Å²) >= 11 is 1.42. The number of benzene rings is 2. The van der Waals surface area contributed by atoms with Crippen molar-refractivity contribution in [3.63, 3.8) is 0 Å². The maximum absolute atomic E-state index is 14.5. The zero-order valence-electron chi connectivity index (χ0n) is 15.2. The van der Waals surface area contributed by atoms with E-state index in [0.29, 0.717) is 11.5 Å². The van der Waals surface area contributed by atoms with Gasteiger partial charge in [0.05, 0.1) is 10.6 Å². The number of nitrogens with one attached hydrogen (secondary N) is 1. The van der Waals surface area contributed by atoms with Crippen molar-refractivity contribution in [2.45, 2.75) is 19.4 Å². The second kappa shape index (κ2) is 6.95. The SMILES string of the molecule is O=C(Nc1c(F)cccc1N1CCCC1)c1cc2c(s1)-c1ccccc1OC2. The van der Waals surface area contributed by atoms with Gasteiger partial charge < -0.3 is 15.0 Å². The van der Waals surface area contributed by atoms with Crippen LogP contribution in [0, 0.1) is 5.82 Å². The van der Waals surface area contributed by atoms with Crippen molar-refractivity contribution in [1.29, 1.82) is 0 Å². The van der Waals surface area contributed by atoms with Gasteiger partial charge in [-0.05, 0) is 43.2 Å². The molecule has 0 atom stereocenters. The number of hydrogen-bond acceptors (Lipinski definition) is 4. The number of amides is 1. The third-order valence-corrected chi connectivity index (χ3v) is 6.43. The topological polar surface area (TPSA) is 41.6 Å². The van der Waals surface area contributed by atoms with Crippen molar-refractivity contribution in [3.8, 4) is 16.2 Å². The van der Waals surface area contributed by atoms with E-state index in [1.54, 1.807) is 6.07 Å². The van der Waals surface area contributed by atoms with Crippen LogP contribution in [0.2, 0.25) is 0 Å². The molecule has 3 aromatic rings. The number of rotatable bonds is 3. The molecule has 1 saturated heterocycles. The summed E-state index contributed by atoms with van der Waals surface area (Å²) in [4.78, 5) is 16.7. The Kier molecular flexibility index (Phi) is 4.28. The van der Waals surface area contributed by atoms with Crippen LogP contribution >= 0.6 is 11.3 Å².